The standard InChI is InChI=1S/C44H81N3O7S/c1-38(2)37-55-35-34-53-33-31-46-43(50)36-54-32-25-21-24-30-45-39(3)28-29-41(44(51)52)47-42(49)27-23-20-18-16-14-12-10-8-6-5-7-9-11-13-15-17-19-22-26-40(4)48/h41,45,48H,1,3-37H2,2H3,(H,46,50)(H,47,49)(H,51,52). The SMILES string of the molecule is C=C(C)CSCCOCCNC(=O)COCCCCCNC(=C)CCC(NC(=O)CCCCCCCCCCCCCCCCCCCCC(=C)O)C(=O)O. The third-order valence-corrected chi connectivity index (χ3v) is 10.5. The van der Waals surface area contributed by atoms with Crippen LogP contribution in [-0.2, 0) is 23.9 Å². The molecule has 0 bridgehead atoms. The molecule has 0 rings (SSSR count). The molecule has 0 saturated carbocycles. The highest BCUT2D eigenvalue weighted by molar-refractivity contribution is 7.99. The largest absolute Gasteiger partial charge is 0.513 e. The van der Waals surface area contributed by atoms with E-state index in [4.69, 9.17) is 14.6 Å². The second kappa shape index (κ2) is 39.7. The van der Waals surface area contributed by atoms with E-state index in [9.17, 15) is 19.5 Å². The van der Waals surface area contributed by atoms with Gasteiger partial charge >= 0.3 is 5.97 Å². The van der Waals surface area contributed by atoms with Crippen LogP contribution >= 0.6 is 11.8 Å². The lowest BCUT2D eigenvalue weighted by Crippen LogP contribution is -2.40. The maximum atomic E-state index is 12.4. The molecule has 0 fully saturated rings. The van der Waals surface area contributed by atoms with Crippen molar-refractivity contribution in [3.05, 3.63) is 36.8 Å². The number of allylic oxidation sites excluding steroid dienone is 2. The molecule has 0 saturated heterocycles. The average molecular weight is 796 g/mol. The van der Waals surface area contributed by atoms with E-state index in [2.05, 4.69) is 35.7 Å². The molecule has 320 valence electrons. The topological polar surface area (TPSA) is 146 Å². The molecule has 0 spiro atoms. The summed E-state index contributed by atoms with van der Waals surface area (Å²) in [4.78, 5) is 36.0. The first-order valence-electron chi connectivity index (χ1n) is 21.6. The monoisotopic (exact) mass is 796 g/mol. The normalized spacial score (nSPS) is 11.6. The van der Waals surface area contributed by atoms with E-state index in [1.807, 2.05) is 6.92 Å². The molecular weight excluding hydrogens is 715 g/mol. The Morgan fingerprint density at radius 1 is 0.582 bits per heavy atom. The summed E-state index contributed by atoms with van der Waals surface area (Å²) in [5.41, 5.74) is 1.92. The molecule has 0 aliphatic rings. The second-order valence-corrected chi connectivity index (χ2v) is 16.1. The maximum Gasteiger partial charge on any atom is 0.326 e. The number of rotatable bonds is 43. The van der Waals surface area contributed by atoms with Gasteiger partial charge in [0, 0.05) is 49.7 Å². The summed E-state index contributed by atoms with van der Waals surface area (Å²) in [6.45, 7) is 16.3. The van der Waals surface area contributed by atoms with Gasteiger partial charge in [-0.05, 0) is 51.9 Å². The lowest BCUT2D eigenvalue weighted by Gasteiger charge is -2.16. The summed E-state index contributed by atoms with van der Waals surface area (Å²) in [5, 5.41) is 27.5. The number of hydrogen-bond acceptors (Lipinski definition) is 8. The Kier molecular flexibility index (Phi) is 37.9. The van der Waals surface area contributed by atoms with Crippen LogP contribution in [0.15, 0.2) is 36.8 Å². The van der Waals surface area contributed by atoms with Crippen molar-refractivity contribution in [2.75, 3.05) is 51.0 Å². The van der Waals surface area contributed by atoms with Gasteiger partial charge in [-0.3, -0.25) is 9.59 Å². The summed E-state index contributed by atoms with van der Waals surface area (Å²) in [6.07, 6.45) is 26.8. The van der Waals surface area contributed by atoms with E-state index in [1.54, 1.807) is 11.8 Å². The number of aliphatic carboxylic acids is 1. The molecule has 2 amide bonds. The minimum Gasteiger partial charge on any atom is -0.513 e. The van der Waals surface area contributed by atoms with Crippen LogP contribution in [0.3, 0.4) is 0 Å². The van der Waals surface area contributed by atoms with Crippen molar-refractivity contribution in [3.8, 4) is 0 Å². The Balaban J connectivity index is 3.62. The van der Waals surface area contributed by atoms with Crippen LogP contribution in [0.25, 0.3) is 0 Å². The Morgan fingerprint density at radius 3 is 1.64 bits per heavy atom. The molecule has 5 N–H and O–H groups in total. The number of carbonyl (C=O) groups is 3. The lowest BCUT2D eigenvalue weighted by molar-refractivity contribution is -0.142. The number of aliphatic hydroxyl groups is 1. The van der Waals surface area contributed by atoms with Crippen molar-refractivity contribution in [2.24, 2.45) is 0 Å². The molecule has 0 aromatic carbocycles. The van der Waals surface area contributed by atoms with Gasteiger partial charge in [0.15, 0.2) is 0 Å². The van der Waals surface area contributed by atoms with Crippen molar-refractivity contribution < 1.29 is 34.1 Å². The van der Waals surface area contributed by atoms with E-state index >= 15 is 0 Å². The van der Waals surface area contributed by atoms with Gasteiger partial charge in [0.05, 0.1) is 19.0 Å². The number of hydrogen-bond donors (Lipinski definition) is 5. The molecule has 0 aliphatic heterocycles. The first-order chi connectivity index (χ1) is 26.6. The first kappa shape index (κ1) is 52.5. The van der Waals surface area contributed by atoms with Crippen LogP contribution in [0, 0.1) is 0 Å². The fourth-order valence-electron chi connectivity index (χ4n) is 6.09. The minimum atomic E-state index is -1.02. The summed E-state index contributed by atoms with van der Waals surface area (Å²) in [5.74, 6) is 0.815. The van der Waals surface area contributed by atoms with E-state index < -0.39 is 12.0 Å². The quantitative estimate of drug-likeness (QED) is 0.0231. The van der Waals surface area contributed by atoms with Crippen molar-refractivity contribution in [1.82, 2.24) is 16.0 Å². The number of aliphatic hydroxyl groups excluding tert-OH is 1. The maximum absolute atomic E-state index is 12.4. The highest BCUT2D eigenvalue weighted by Gasteiger charge is 2.19. The fourth-order valence-corrected chi connectivity index (χ4v) is 6.82. The summed E-state index contributed by atoms with van der Waals surface area (Å²) in [7, 11) is 0. The van der Waals surface area contributed by atoms with Crippen LogP contribution < -0.4 is 16.0 Å². The number of nitrogens with one attached hydrogen (secondary N) is 3. The highest BCUT2D eigenvalue weighted by atomic mass is 32.2. The van der Waals surface area contributed by atoms with E-state index in [1.165, 1.54) is 89.9 Å². The molecule has 11 heteroatoms. The van der Waals surface area contributed by atoms with E-state index in [0.29, 0.717) is 51.4 Å². The van der Waals surface area contributed by atoms with Gasteiger partial charge in [-0.1, -0.05) is 128 Å². The van der Waals surface area contributed by atoms with E-state index in [-0.39, 0.29) is 18.4 Å². The predicted molar refractivity (Wildman–Crippen MR) is 231 cm³/mol. The number of carboxylic acids is 1. The Bertz CT molecular complexity index is 1010. The average Bonchev–Trinajstić information content (AvgIpc) is 3.14. The Morgan fingerprint density at radius 2 is 1.11 bits per heavy atom. The fraction of sp³-hybridized carbons (Fsp3) is 0.795. The van der Waals surface area contributed by atoms with Crippen LogP contribution in [0.4, 0.5) is 0 Å². The van der Waals surface area contributed by atoms with Crippen molar-refractivity contribution in [2.45, 2.75) is 173 Å². The molecule has 1 atom stereocenters. The zero-order chi connectivity index (χ0) is 40.6. The number of unbranched alkanes of at least 4 members (excludes halogenated alkanes) is 19. The van der Waals surface area contributed by atoms with Crippen molar-refractivity contribution >= 4 is 29.5 Å². The van der Waals surface area contributed by atoms with Gasteiger partial charge in [-0.15, -0.1) is 0 Å². The second-order valence-electron chi connectivity index (χ2n) is 15.0. The van der Waals surface area contributed by atoms with Crippen LogP contribution in [-0.4, -0.2) is 85.1 Å². The zero-order valence-corrected chi connectivity index (χ0v) is 35.7. The molecule has 0 heterocycles. The third kappa shape index (κ3) is 41.0. The van der Waals surface area contributed by atoms with Gasteiger partial charge in [0.25, 0.3) is 0 Å². The summed E-state index contributed by atoms with van der Waals surface area (Å²) in [6, 6.07) is -0.913. The van der Waals surface area contributed by atoms with Gasteiger partial charge in [0.1, 0.15) is 12.6 Å². The van der Waals surface area contributed by atoms with Crippen LogP contribution in [0.5, 0.6) is 0 Å². The molecule has 10 nitrogen and oxygen atoms in total. The van der Waals surface area contributed by atoms with Gasteiger partial charge < -0.3 is 35.6 Å². The molecule has 0 aromatic rings. The van der Waals surface area contributed by atoms with Crippen molar-refractivity contribution in [3.63, 3.8) is 0 Å². The molecule has 0 aliphatic carbocycles. The number of carboxylic acid groups (broad SMARTS) is 1. The zero-order valence-electron chi connectivity index (χ0n) is 34.9. The Hall–Kier alpha value is -2.50. The van der Waals surface area contributed by atoms with E-state index in [0.717, 1.165) is 80.7 Å². The number of thioether (sulfide) groups is 1. The summed E-state index contributed by atoms with van der Waals surface area (Å²) < 4.78 is 11.0. The molecule has 1 unspecified atom stereocenters. The molecule has 0 aromatic heterocycles. The highest BCUT2D eigenvalue weighted by Crippen LogP contribution is 2.15. The third-order valence-electron chi connectivity index (χ3n) is 9.35. The number of amides is 2. The molecule has 0 radical (unpaired) electrons. The molecular formula is C44H81N3O7S. The minimum absolute atomic E-state index is 0.0417. The van der Waals surface area contributed by atoms with Gasteiger partial charge in [-0.25, -0.2) is 4.79 Å². The van der Waals surface area contributed by atoms with Crippen LogP contribution in [0.1, 0.15) is 167 Å². The molecule has 55 heavy (non-hydrogen) atoms. The predicted octanol–water partition coefficient (Wildman–Crippen LogP) is 9.94. The first-order valence-corrected chi connectivity index (χ1v) is 22.7. The number of ether oxygens (including phenoxy) is 2. The number of carbonyl (C=O) groups excluding carboxylic acids is 2. The van der Waals surface area contributed by atoms with Crippen molar-refractivity contribution in [1.29, 1.82) is 0 Å². The van der Waals surface area contributed by atoms with Gasteiger partial charge in [-0.2, -0.15) is 11.8 Å². The summed E-state index contributed by atoms with van der Waals surface area (Å²) >= 11 is 1.79. The van der Waals surface area contributed by atoms with Crippen LogP contribution in [0.2, 0.25) is 0 Å². The lowest BCUT2D eigenvalue weighted by atomic mass is 10.0. The smallest absolute Gasteiger partial charge is 0.326 e. The van der Waals surface area contributed by atoms with Gasteiger partial charge in [0.2, 0.25) is 11.8 Å². The Labute approximate surface area is 339 Å².